The van der Waals surface area contributed by atoms with Crippen LogP contribution in [0.3, 0.4) is 0 Å². The predicted octanol–water partition coefficient (Wildman–Crippen LogP) is 2.28. The zero-order chi connectivity index (χ0) is 11.3. The lowest BCUT2D eigenvalue weighted by atomic mass is 10.1. The van der Waals surface area contributed by atoms with Gasteiger partial charge in [-0.25, -0.2) is 0 Å². The number of carbonyl (C=O) groups is 1. The third kappa shape index (κ3) is 3.63. The molecule has 0 spiro atoms. The van der Waals surface area contributed by atoms with Crippen molar-refractivity contribution in [2.75, 3.05) is 6.26 Å². The quantitative estimate of drug-likeness (QED) is 0.839. The van der Waals surface area contributed by atoms with Crippen molar-refractivity contribution < 1.29 is 9.21 Å². The third-order valence-electron chi connectivity index (χ3n) is 2.13. The Hall–Kier alpha value is -0.900. The van der Waals surface area contributed by atoms with Crippen molar-refractivity contribution in [1.82, 2.24) is 5.32 Å². The minimum absolute atomic E-state index is 0.0139. The van der Waals surface area contributed by atoms with Crippen molar-refractivity contribution in [3.63, 3.8) is 0 Å². The summed E-state index contributed by atoms with van der Waals surface area (Å²) < 4.78 is 5.14. The van der Waals surface area contributed by atoms with E-state index < -0.39 is 0 Å². The molecule has 1 N–H and O–H groups in total. The maximum Gasteiger partial charge on any atom is 0.233 e. The summed E-state index contributed by atoms with van der Waals surface area (Å²) in [5.41, 5.74) is 0. The van der Waals surface area contributed by atoms with Crippen molar-refractivity contribution in [1.29, 1.82) is 0 Å². The molecular weight excluding hydrogens is 210 g/mol. The van der Waals surface area contributed by atoms with Crippen LogP contribution in [-0.4, -0.2) is 17.4 Å². The Morgan fingerprint density at radius 3 is 2.80 bits per heavy atom. The second kappa shape index (κ2) is 5.85. The molecular formula is C11H17NO2S. The monoisotopic (exact) mass is 227 g/mol. The fourth-order valence-electron chi connectivity index (χ4n) is 1.37. The molecule has 0 aliphatic carbocycles. The smallest absolute Gasteiger partial charge is 0.233 e. The van der Waals surface area contributed by atoms with Gasteiger partial charge in [-0.3, -0.25) is 4.79 Å². The minimum Gasteiger partial charge on any atom is -0.467 e. The van der Waals surface area contributed by atoms with Crippen molar-refractivity contribution in [3.8, 4) is 0 Å². The number of thioether (sulfide) groups is 1. The van der Waals surface area contributed by atoms with Gasteiger partial charge >= 0.3 is 0 Å². The van der Waals surface area contributed by atoms with Gasteiger partial charge in [-0.2, -0.15) is 11.8 Å². The van der Waals surface area contributed by atoms with Gasteiger partial charge in [0.1, 0.15) is 5.76 Å². The number of amides is 1. The van der Waals surface area contributed by atoms with Gasteiger partial charge in [0.2, 0.25) is 5.91 Å². The highest BCUT2D eigenvalue weighted by atomic mass is 32.2. The largest absolute Gasteiger partial charge is 0.467 e. The fourth-order valence-corrected chi connectivity index (χ4v) is 2.21. The standard InChI is InChI=1S/C11H17NO2S/c1-8(2)10(15-3)11(13)12-7-9-5-4-6-14-9/h4-6,8,10H,7H2,1-3H3,(H,12,13)/t10-/m1/s1. The molecule has 0 radical (unpaired) electrons. The van der Waals surface area contributed by atoms with Gasteiger partial charge in [0.25, 0.3) is 0 Å². The Labute approximate surface area is 94.6 Å². The molecule has 4 heteroatoms. The maximum absolute atomic E-state index is 11.7. The first kappa shape index (κ1) is 12.2. The molecule has 0 saturated heterocycles. The number of furan rings is 1. The first-order valence-corrected chi connectivity index (χ1v) is 6.26. The molecule has 0 saturated carbocycles. The summed E-state index contributed by atoms with van der Waals surface area (Å²) in [5.74, 6) is 1.21. The topological polar surface area (TPSA) is 42.2 Å². The van der Waals surface area contributed by atoms with Gasteiger partial charge < -0.3 is 9.73 Å². The highest BCUT2D eigenvalue weighted by molar-refractivity contribution is 7.99. The molecule has 1 heterocycles. The third-order valence-corrected chi connectivity index (χ3v) is 3.40. The van der Waals surface area contributed by atoms with E-state index in [4.69, 9.17) is 4.42 Å². The van der Waals surface area contributed by atoms with E-state index in [1.165, 1.54) is 0 Å². The lowest BCUT2D eigenvalue weighted by molar-refractivity contribution is -0.121. The first-order valence-electron chi connectivity index (χ1n) is 4.98. The van der Waals surface area contributed by atoms with Crippen molar-refractivity contribution in [2.45, 2.75) is 25.6 Å². The zero-order valence-electron chi connectivity index (χ0n) is 9.32. The zero-order valence-corrected chi connectivity index (χ0v) is 10.1. The fraction of sp³-hybridized carbons (Fsp3) is 0.545. The average Bonchev–Trinajstić information content (AvgIpc) is 2.67. The van der Waals surface area contributed by atoms with E-state index in [9.17, 15) is 4.79 Å². The lowest BCUT2D eigenvalue weighted by Crippen LogP contribution is -2.35. The molecule has 1 aromatic heterocycles. The highest BCUT2D eigenvalue weighted by Gasteiger charge is 2.20. The van der Waals surface area contributed by atoms with Crippen LogP contribution in [0.25, 0.3) is 0 Å². The Balaban J connectivity index is 2.41. The van der Waals surface area contributed by atoms with Gasteiger partial charge in [0.05, 0.1) is 18.1 Å². The summed E-state index contributed by atoms with van der Waals surface area (Å²) in [6.45, 7) is 4.57. The summed E-state index contributed by atoms with van der Waals surface area (Å²) in [6, 6.07) is 3.67. The summed E-state index contributed by atoms with van der Waals surface area (Å²) in [6.07, 6.45) is 3.56. The van der Waals surface area contributed by atoms with Crippen LogP contribution in [0, 0.1) is 5.92 Å². The van der Waals surface area contributed by atoms with E-state index in [1.54, 1.807) is 18.0 Å². The van der Waals surface area contributed by atoms with E-state index in [0.29, 0.717) is 12.5 Å². The summed E-state index contributed by atoms with van der Waals surface area (Å²) in [5, 5.41) is 2.88. The van der Waals surface area contributed by atoms with Gasteiger partial charge in [0.15, 0.2) is 0 Å². The van der Waals surface area contributed by atoms with E-state index in [1.807, 2.05) is 32.2 Å². The number of carbonyl (C=O) groups excluding carboxylic acids is 1. The van der Waals surface area contributed by atoms with Crippen LogP contribution in [0.15, 0.2) is 22.8 Å². The second-order valence-corrected chi connectivity index (χ2v) is 4.68. The molecule has 3 nitrogen and oxygen atoms in total. The summed E-state index contributed by atoms with van der Waals surface area (Å²) in [7, 11) is 0. The Morgan fingerprint density at radius 2 is 2.33 bits per heavy atom. The molecule has 0 aliphatic rings. The Bertz CT molecular complexity index is 296. The van der Waals surface area contributed by atoms with Crippen molar-refractivity contribution in [2.24, 2.45) is 5.92 Å². The molecule has 0 unspecified atom stereocenters. The van der Waals surface area contributed by atoms with Crippen LogP contribution in [0.1, 0.15) is 19.6 Å². The Kier molecular flexibility index (Phi) is 4.75. The molecule has 1 aromatic rings. The van der Waals surface area contributed by atoms with Crippen LogP contribution >= 0.6 is 11.8 Å². The molecule has 15 heavy (non-hydrogen) atoms. The molecule has 0 aliphatic heterocycles. The molecule has 84 valence electrons. The number of hydrogen-bond acceptors (Lipinski definition) is 3. The number of rotatable bonds is 5. The van der Waals surface area contributed by atoms with E-state index in [-0.39, 0.29) is 11.2 Å². The maximum atomic E-state index is 11.7. The molecule has 1 atom stereocenters. The minimum atomic E-state index is 0.0139. The average molecular weight is 227 g/mol. The normalized spacial score (nSPS) is 12.8. The number of nitrogens with one attached hydrogen (secondary N) is 1. The summed E-state index contributed by atoms with van der Waals surface area (Å²) >= 11 is 1.58. The van der Waals surface area contributed by atoms with Crippen molar-refractivity contribution >= 4 is 17.7 Å². The van der Waals surface area contributed by atoms with Crippen LogP contribution in [0.2, 0.25) is 0 Å². The number of hydrogen-bond donors (Lipinski definition) is 1. The van der Waals surface area contributed by atoms with Gasteiger partial charge in [0, 0.05) is 0 Å². The lowest BCUT2D eigenvalue weighted by Gasteiger charge is -2.17. The second-order valence-electron chi connectivity index (χ2n) is 3.70. The first-order chi connectivity index (χ1) is 7.15. The van der Waals surface area contributed by atoms with Crippen LogP contribution in [0.5, 0.6) is 0 Å². The van der Waals surface area contributed by atoms with Crippen LogP contribution < -0.4 is 5.32 Å². The molecule has 0 fully saturated rings. The van der Waals surface area contributed by atoms with Crippen molar-refractivity contribution in [3.05, 3.63) is 24.2 Å². The molecule has 0 aromatic carbocycles. The van der Waals surface area contributed by atoms with E-state index in [0.717, 1.165) is 5.76 Å². The van der Waals surface area contributed by atoms with Gasteiger partial charge in [-0.15, -0.1) is 0 Å². The van der Waals surface area contributed by atoms with Gasteiger partial charge in [-0.1, -0.05) is 13.8 Å². The summed E-state index contributed by atoms with van der Waals surface area (Å²) in [4.78, 5) is 11.7. The van der Waals surface area contributed by atoms with E-state index in [2.05, 4.69) is 5.32 Å². The van der Waals surface area contributed by atoms with E-state index >= 15 is 0 Å². The Morgan fingerprint density at radius 1 is 1.60 bits per heavy atom. The van der Waals surface area contributed by atoms with Gasteiger partial charge in [-0.05, 0) is 24.3 Å². The van der Waals surface area contributed by atoms with Crippen LogP contribution in [-0.2, 0) is 11.3 Å². The predicted molar refractivity (Wildman–Crippen MR) is 62.7 cm³/mol. The van der Waals surface area contributed by atoms with Crippen LogP contribution in [0.4, 0.5) is 0 Å². The highest BCUT2D eigenvalue weighted by Crippen LogP contribution is 2.16. The molecule has 1 amide bonds. The molecule has 1 rings (SSSR count). The molecule has 0 bridgehead atoms. The SMILES string of the molecule is CS[C@@H](C(=O)NCc1ccco1)C(C)C.